The maximum Gasteiger partial charge on any atom is 0.0406 e. The molecule has 0 fully saturated rings. The highest BCUT2D eigenvalue weighted by atomic mass is 79.9. The zero-order valence-corrected chi connectivity index (χ0v) is 39.3. The van der Waals surface area contributed by atoms with Gasteiger partial charge in [0.1, 0.15) is 0 Å². The second kappa shape index (κ2) is 27.5. The predicted octanol–water partition coefficient (Wildman–Crippen LogP) is 16.7. The third-order valence-corrected chi connectivity index (χ3v) is 12.9. The normalized spacial score (nSPS) is 13.5. The molecule has 0 N–H and O–H groups in total. The Balaban J connectivity index is 0.000000280. The van der Waals surface area contributed by atoms with Gasteiger partial charge in [-0.2, -0.15) is 0 Å². The van der Waals surface area contributed by atoms with Crippen molar-refractivity contribution in [1.82, 2.24) is 0 Å². The van der Waals surface area contributed by atoms with Crippen LogP contribution in [0, 0.1) is 23.7 Å². The lowest BCUT2D eigenvalue weighted by Gasteiger charge is -2.27. The van der Waals surface area contributed by atoms with E-state index in [1.54, 1.807) is 0 Å². The minimum atomic E-state index is 0.654. The van der Waals surface area contributed by atoms with Gasteiger partial charge in [0, 0.05) is 41.4 Å². The van der Waals surface area contributed by atoms with Crippen LogP contribution in [0.4, 0.5) is 0 Å². The van der Waals surface area contributed by atoms with Crippen molar-refractivity contribution < 1.29 is 0 Å². The molecule has 0 aliphatic carbocycles. The Labute approximate surface area is 368 Å². The van der Waals surface area contributed by atoms with Crippen LogP contribution in [0.2, 0.25) is 20.1 Å². The van der Waals surface area contributed by atoms with Gasteiger partial charge in [0.05, 0.1) is 0 Å². The Kier molecular flexibility index (Phi) is 24.5. The molecule has 4 rings (SSSR count). The van der Waals surface area contributed by atoms with Crippen molar-refractivity contribution in [1.29, 1.82) is 0 Å². The van der Waals surface area contributed by atoms with Crippen LogP contribution >= 0.6 is 110 Å². The van der Waals surface area contributed by atoms with E-state index in [1.807, 2.05) is 48.5 Å². The molecule has 8 heteroatoms. The molecular formula is C44H52Br4Cl4. The second-order valence-electron chi connectivity index (χ2n) is 13.7. The van der Waals surface area contributed by atoms with Crippen molar-refractivity contribution in [2.75, 3.05) is 21.3 Å². The third kappa shape index (κ3) is 18.7. The van der Waals surface area contributed by atoms with Gasteiger partial charge in [-0.25, -0.2) is 0 Å². The van der Waals surface area contributed by atoms with Gasteiger partial charge >= 0.3 is 0 Å². The molecule has 0 amide bonds. The van der Waals surface area contributed by atoms with Gasteiger partial charge in [-0.05, 0) is 159 Å². The Morgan fingerprint density at radius 1 is 0.308 bits per heavy atom. The Bertz CT molecular complexity index is 1370. The maximum absolute atomic E-state index is 6.06. The molecule has 4 aromatic rings. The molecule has 0 bridgehead atoms. The van der Waals surface area contributed by atoms with Gasteiger partial charge in [0.2, 0.25) is 0 Å². The van der Waals surface area contributed by atoms with Crippen molar-refractivity contribution in [2.45, 2.75) is 77.0 Å². The number of benzene rings is 4. The Hall–Kier alpha value is -0.0400. The van der Waals surface area contributed by atoms with E-state index in [2.05, 4.69) is 112 Å². The number of hydrogen-bond acceptors (Lipinski definition) is 0. The van der Waals surface area contributed by atoms with Crippen LogP contribution in [-0.2, 0) is 25.7 Å². The fourth-order valence-electron chi connectivity index (χ4n) is 6.99. The Morgan fingerprint density at radius 2 is 0.538 bits per heavy atom. The molecule has 0 aromatic heterocycles. The van der Waals surface area contributed by atoms with E-state index < -0.39 is 0 Å². The number of rotatable bonds is 22. The van der Waals surface area contributed by atoms with E-state index >= 15 is 0 Å². The minimum Gasteiger partial charge on any atom is -0.0928 e. The molecule has 284 valence electrons. The van der Waals surface area contributed by atoms with E-state index in [0.29, 0.717) is 23.7 Å². The van der Waals surface area contributed by atoms with Gasteiger partial charge in [-0.1, -0.05) is 171 Å². The molecule has 0 aliphatic rings. The van der Waals surface area contributed by atoms with Gasteiger partial charge < -0.3 is 0 Å². The average Bonchev–Trinajstić information content (AvgIpc) is 3.14. The van der Waals surface area contributed by atoms with Crippen LogP contribution in [0.5, 0.6) is 0 Å². The highest BCUT2D eigenvalue weighted by Gasteiger charge is 2.23. The third-order valence-electron chi connectivity index (χ3n) is 9.85. The lowest BCUT2D eigenvalue weighted by Crippen LogP contribution is -2.21. The first-order valence-corrected chi connectivity index (χ1v) is 24.5. The number of halogens is 8. The summed E-state index contributed by atoms with van der Waals surface area (Å²) in [6.07, 6.45) is 14.4. The summed E-state index contributed by atoms with van der Waals surface area (Å²) in [4.78, 5) is 0. The van der Waals surface area contributed by atoms with Crippen LogP contribution < -0.4 is 0 Å². The quantitative estimate of drug-likeness (QED) is 0.0544. The lowest BCUT2D eigenvalue weighted by atomic mass is 9.78. The van der Waals surface area contributed by atoms with Crippen molar-refractivity contribution in [2.24, 2.45) is 23.7 Å². The van der Waals surface area contributed by atoms with Crippen molar-refractivity contribution in [3.63, 3.8) is 0 Å². The summed E-state index contributed by atoms with van der Waals surface area (Å²) in [5, 5.41) is 7.48. The van der Waals surface area contributed by atoms with E-state index in [-0.39, 0.29) is 0 Å². The molecule has 0 radical (unpaired) electrons. The number of alkyl halides is 4. The number of unbranched alkanes of at least 4 members (excludes halogenated alkanes) is 2. The zero-order chi connectivity index (χ0) is 37.6. The van der Waals surface area contributed by atoms with Crippen LogP contribution in [0.25, 0.3) is 0 Å². The summed E-state index contributed by atoms with van der Waals surface area (Å²) in [6.45, 7) is 0. The van der Waals surface area contributed by atoms with Crippen LogP contribution in [-0.4, -0.2) is 21.3 Å². The summed E-state index contributed by atoms with van der Waals surface area (Å²) in [5.74, 6) is 2.65. The molecule has 0 heterocycles. The number of hydrogen-bond donors (Lipinski definition) is 0. The monoisotopic (exact) mass is 1040 g/mol. The lowest BCUT2D eigenvalue weighted by molar-refractivity contribution is 0.295. The fraction of sp³-hybridized carbons (Fsp3) is 0.455. The summed E-state index contributed by atoms with van der Waals surface area (Å²) in [7, 11) is 0. The fourth-order valence-corrected chi connectivity index (χ4v) is 9.47. The summed E-state index contributed by atoms with van der Waals surface area (Å²) in [5.41, 5.74) is 5.52. The largest absolute Gasteiger partial charge is 0.0928 e. The molecule has 0 unspecified atom stereocenters. The SMILES string of the molecule is Clc1ccc(C[C@@H](CCBr)[C@H](CCCCBr)Cc2ccc(Cl)cc2)cc1.Clc1ccc(C[C@H](CCBr)[C@@H](CCCCBr)Cc2ccc(Cl)cc2)cc1. The first-order valence-electron chi connectivity index (χ1n) is 18.5. The second-order valence-corrected chi connectivity index (χ2v) is 18.6. The van der Waals surface area contributed by atoms with Gasteiger partial charge in [0.15, 0.2) is 0 Å². The first kappa shape index (κ1) is 46.3. The Morgan fingerprint density at radius 3 is 0.750 bits per heavy atom. The molecule has 0 saturated carbocycles. The van der Waals surface area contributed by atoms with E-state index in [1.165, 1.54) is 73.6 Å². The topological polar surface area (TPSA) is 0 Å². The standard InChI is InChI=1S/2C22H26Br2Cl2/c2*23-13-2-1-3-19(15-17-4-8-21(25)9-5-17)20(12-14-24)16-18-6-10-22(26)11-7-18/h2*4-11,19-20H,1-3,12-16H2/t2*19-,20-/m10/s1. The van der Waals surface area contributed by atoms with Crippen molar-refractivity contribution in [3.8, 4) is 0 Å². The molecule has 0 aliphatic heterocycles. The smallest absolute Gasteiger partial charge is 0.0406 e. The van der Waals surface area contributed by atoms with Gasteiger partial charge in [-0.3, -0.25) is 0 Å². The zero-order valence-electron chi connectivity index (χ0n) is 29.9. The minimum absolute atomic E-state index is 0.654. The van der Waals surface area contributed by atoms with Gasteiger partial charge in [0.25, 0.3) is 0 Å². The highest BCUT2D eigenvalue weighted by Crippen LogP contribution is 2.32. The molecular weight excluding hydrogens is 990 g/mol. The van der Waals surface area contributed by atoms with E-state index in [4.69, 9.17) is 46.4 Å². The molecule has 52 heavy (non-hydrogen) atoms. The summed E-state index contributed by atoms with van der Waals surface area (Å²) < 4.78 is 0. The molecule has 0 spiro atoms. The highest BCUT2D eigenvalue weighted by molar-refractivity contribution is 9.09. The first-order chi connectivity index (χ1) is 25.2. The molecule has 4 aromatic carbocycles. The maximum atomic E-state index is 6.06. The van der Waals surface area contributed by atoms with Gasteiger partial charge in [-0.15, -0.1) is 0 Å². The molecule has 0 nitrogen and oxygen atoms in total. The van der Waals surface area contributed by atoms with Crippen LogP contribution in [0.15, 0.2) is 97.1 Å². The van der Waals surface area contributed by atoms with E-state index in [0.717, 1.165) is 67.1 Å². The predicted molar refractivity (Wildman–Crippen MR) is 247 cm³/mol. The summed E-state index contributed by atoms with van der Waals surface area (Å²) >= 11 is 38.7. The average molecular weight is 1040 g/mol. The van der Waals surface area contributed by atoms with E-state index in [9.17, 15) is 0 Å². The van der Waals surface area contributed by atoms with Crippen LogP contribution in [0.3, 0.4) is 0 Å². The molecule has 0 saturated heterocycles. The molecule has 4 atom stereocenters. The summed E-state index contributed by atoms with van der Waals surface area (Å²) in [6, 6.07) is 33.4. The van der Waals surface area contributed by atoms with Crippen LogP contribution in [0.1, 0.15) is 73.6 Å². The van der Waals surface area contributed by atoms with Crippen molar-refractivity contribution >= 4 is 110 Å². The van der Waals surface area contributed by atoms with Crippen molar-refractivity contribution in [3.05, 3.63) is 139 Å².